The maximum absolute atomic E-state index is 6.63. The molecular weight excluding hydrogens is 693 g/mol. The summed E-state index contributed by atoms with van der Waals surface area (Å²) in [6.07, 6.45) is 0. The van der Waals surface area contributed by atoms with Gasteiger partial charge in [0, 0.05) is 50.4 Å². The van der Waals surface area contributed by atoms with Crippen molar-refractivity contribution in [3.63, 3.8) is 0 Å². The Hall–Kier alpha value is -7.62. The molecule has 3 heteroatoms. The highest BCUT2D eigenvalue weighted by Gasteiger charge is 2.20. The Balaban J connectivity index is 1.08. The van der Waals surface area contributed by atoms with Crippen LogP contribution in [0.5, 0.6) is 0 Å². The zero-order valence-electron chi connectivity index (χ0n) is 30.9. The Labute approximate surface area is 328 Å². The molecule has 0 saturated heterocycles. The minimum absolute atomic E-state index is 0.864. The van der Waals surface area contributed by atoms with Gasteiger partial charge in [-0.2, -0.15) is 0 Å². The molecule has 2 aromatic heterocycles. The molecule has 12 rings (SSSR count). The maximum Gasteiger partial charge on any atom is 0.137 e. The molecule has 0 aliphatic heterocycles. The lowest BCUT2D eigenvalue weighted by molar-refractivity contribution is 0.669. The summed E-state index contributed by atoms with van der Waals surface area (Å²) in [7, 11) is 0. The number of hydrogen-bond acceptors (Lipinski definition) is 2. The van der Waals surface area contributed by atoms with E-state index >= 15 is 0 Å². The Morgan fingerprint density at radius 3 is 1.81 bits per heavy atom. The zero-order valence-corrected chi connectivity index (χ0v) is 30.9. The summed E-state index contributed by atoms with van der Waals surface area (Å²) in [6.45, 7) is 0. The van der Waals surface area contributed by atoms with Crippen molar-refractivity contribution in [1.29, 1.82) is 0 Å². The molecule has 10 aromatic carbocycles. The number of rotatable bonds is 5. The Morgan fingerprint density at radius 2 is 0.965 bits per heavy atom. The molecule has 3 nitrogen and oxygen atoms in total. The summed E-state index contributed by atoms with van der Waals surface area (Å²) in [5.41, 5.74) is 10.8. The molecule has 0 aliphatic rings. The van der Waals surface area contributed by atoms with Crippen LogP contribution in [-0.4, -0.2) is 4.57 Å². The first-order valence-corrected chi connectivity index (χ1v) is 19.5. The fraction of sp³-hybridized carbons (Fsp3) is 0. The number of nitrogens with zero attached hydrogens (tertiary/aromatic N) is 2. The van der Waals surface area contributed by atoms with Gasteiger partial charge in [-0.3, -0.25) is 0 Å². The summed E-state index contributed by atoms with van der Waals surface area (Å²) in [6, 6.07) is 74.6. The highest BCUT2D eigenvalue weighted by atomic mass is 16.3. The molecule has 0 saturated carbocycles. The summed E-state index contributed by atoms with van der Waals surface area (Å²) < 4.78 is 9.05. The summed E-state index contributed by atoms with van der Waals surface area (Å²) in [4.78, 5) is 2.36. The maximum atomic E-state index is 6.63. The number of benzene rings is 10. The third kappa shape index (κ3) is 4.99. The molecule has 0 radical (unpaired) electrons. The van der Waals surface area contributed by atoms with Crippen LogP contribution in [0, 0.1) is 0 Å². The molecule has 266 valence electrons. The van der Waals surface area contributed by atoms with E-state index in [4.69, 9.17) is 4.42 Å². The highest BCUT2D eigenvalue weighted by molar-refractivity contribution is 6.19. The summed E-state index contributed by atoms with van der Waals surface area (Å²) in [5.74, 6) is 0. The molecule has 57 heavy (non-hydrogen) atoms. The minimum atomic E-state index is 0.864. The van der Waals surface area contributed by atoms with Gasteiger partial charge >= 0.3 is 0 Å². The zero-order chi connectivity index (χ0) is 37.5. The quantitative estimate of drug-likeness (QED) is 0.176. The molecule has 2 heterocycles. The van der Waals surface area contributed by atoms with Gasteiger partial charge in [-0.25, -0.2) is 0 Å². The van der Waals surface area contributed by atoms with E-state index in [2.05, 4.69) is 216 Å². The molecule has 12 aromatic rings. The topological polar surface area (TPSA) is 21.3 Å². The number of fused-ring (bicyclic) bond motifs is 10. The first-order valence-electron chi connectivity index (χ1n) is 19.5. The lowest BCUT2D eigenvalue weighted by Gasteiger charge is -2.26. The standard InChI is InChI=1S/C54H34N2O/c1-2-13-39-32-41(26-20-35(39)10-1)56-50-19-8-7-17-47(50)48-29-27-42(33-51(48)56)55(40-24-21-38(22-25-40)45-18-9-14-36-11-3-5-15-44(36)45)43-28-30-49-53(34-43)57-52-31-23-37-12-4-6-16-46(37)54(49)52/h1-34H. The lowest BCUT2D eigenvalue weighted by atomic mass is 9.98. The third-order valence-electron chi connectivity index (χ3n) is 11.7. The molecule has 0 spiro atoms. The number of para-hydroxylation sites is 1. The van der Waals surface area contributed by atoms with Crippen molar-refractivity contribution in [2.45, 2.75) is 0 Å². The Kier molecular flexibility index (Phi) is 6.93. The molecule has 0 amide bonds. The van der Waals surface area contributed by atoms with Crippen molar-refractivity contribution in [3.8, 4) is 16.8 Å². The van der Waals surface area contributed by atoms with E-state index in [1.165, 1.54) is 59.7 Å². The van der Waals surface area contributed by atoms with Crippen molar-refractivity contribution in [2.75, 3.05) is 4.90 Å². The molecule has 0 fully saturated rings. The van der Waals surface area contributed by atoms with Gasteiger partial charge < -0.3 is 13.9 Å². The second-order valence-corrected chi connectivity index (χ2v) is 14.9. The number of hydrogen-bond donors (Lipinski definition) is 0. The second-order valence-electron chi connectivity index (χ2n) is 14.9. The first-order chi connectivity index (χ1) is 28.2. The van der Waals surface area contributed by atoms with E-state index in [9.17, 15) is 0 Å². The van der Waals surface area contributed by atoms with Crippen molar-refractivity contribution in [2.24, 2.45) is 0 Å². The number of aromatic nitrogens is 1. The molecule has 0 atom stereocenters. The average molecular weight is 727 g/mol. The fourth-order valence-electron chi connectivity index (χ4n) is 9.08. The van der Waals surface area contributed by atoms with Crippen LogP contribution in [0.2, 0.25) is 0 Å². The van der Waals surface area contributed by atoms with Gasteiger partial charge in [0.15, 0.2) is 0 Å². The highest BCUT2D eigenvalue weighted by Crippen LogP contribution is 2.43. The van der Waals surface area contributed by atoms with Crippen LogP contribution >= 0.6 is 0 Å². The van der Waals surface area contributed by atoms with Gasteiger partial charge in [0.05, 0.1) is 11.0 Å². The predicted octanol–water partition coefficient (Wildman–Crippen LogP) is 15.3. The van der Waals surface area contributed by atoms with Crippen LogP contribution in [0.1, 0.15) is 0 Å². The van der Waals surface area contributed by atoms with Crippen LogP contribution in [0.25, 0.3) is 92.9 Å². The van der Waals surface area contributed by atoms with E-state index in [1.54, 1.807) is 0 Å². The van der Waals surface area contributed by atoms with Crippen LogP contribution in [0.15, 0.2) is 211 Å². The predicted molar refractivity (Wildman–Crippen MR) is 241 cm³/mol. The second kappa shape index (κ2) is 12.5. The Morgan fingerprint density at radius 1 is 0.351 bits per heavy atom. The van der Waals surface area contributed by atoms with Crippen LogP contribution in [-0.2, 0) is 0 Å². The number of furan rings is 1. The van der Waals surface area contributed by atoms with Gasteiger partial charge in [-0.05, 0) is 104 Å². The monoisotopic (exact) mass is 726 g/mol. The van der Waals surface area contributed by atoms with Crippen LogP contribution in [0.4, 0.5) is 17.1 Å². The van der Waals surface area contributed by atoms with E-state index in [-0.39, 0.29) is 0 Å². The van der Waals surface area contributed by atoms with Gasteiger partial charge in [0.1, 0.15) is 11.2 Å². The van der Waals surface area contributed by atoms with E-state index in [0.717, 1.165) is 50.2 Å². The van der Waals surface area contributed by atoms with Gasteiger partial charge in [0.25, 0.3) is 0 Å². The molecule has 0 N–H and O–H groups in total. The van der Waals surface area contributed by atoms with Gasteiger partial charge in [-0.15, -0.1) is 0 Å². The Bertz CT molecular complexity index is 3530. The first kappa shape index (κ1) is 31.7. The van der Waals surface area contributed by atoms with Crippen molar-refractivity contribution < 1.29 is 4.42 Å². The van der Waals surface area contributed by atoms with Crippen molar-refractivity contribution in [1.82, 2.24) is 4.57 Å². The largest absolute Gasteiger partial charge is 0.456 e. The molecule has 0 bridgehead atoms. The smallest absolute Gasteiger partial charge is 0.137 e. The minimum Gasteiger partial charge on any atom is -0.456 e. The van der Waals surface area contributed by atoms with Crippen LogP contribution < -0.4 is 4.90 Å². The third-order valence-corrected chi connectivity index (χ3v) is 11.7. The van der Waals surface area contributed by atoms with Gasteiger partial charge in [-0.1, -0.05) is 140 Å². The van der Waals surface area contributed by atoms with Crippen LogP contribution in [0.3, 0.4) is 0 Å². The van der Waals surface area contributed by atoms with Gasteiger partial charge in [0.2, 0.25) is 0 Å². The van der Waals surface area contributed by atoms with Crippen molar-refractivity contribution in [3.05, 3.63) is 206 Å². The molecule has 0 aliphatic carbocycles. The normalized spacial score (nSPS) is 11.9. The lowest BCUT2D eigenvalue weighted by Crippen LogP contribution is -2.10. The van der Waals surface area contributed by atoms with E-state index in [0.29, 0.717) is 0 Å². The molecule has 0 unspecified atom stereocenters. The summed E-state index contributed by atoms with van der Waals surface area (Å²) in [5, 5.41) is 12.1. The fourth-order valence-corrected chi connectivity index (χ4v) is 9.08. The van der Waals surface area contributed by atoms with E-state index in [1.807, 2.05) is 0 Å². The summed E-state index contributed by atoms with van der Waals surface area (Å²) >= 11 is 0. The van der Waals surface area contributed by atoms with E-state index < -0.39 is 0 Å². The molecular formula is C54H34N2O. The van der Waals surface area contributed by atoms with Crippen molar-refractivity contribution >= 4 is 93.1 Å². The SMILES string of the molecule is c1ccc2cc(-n3c4ccccc4c4ccc(N(c5ccc(-c6cccc7ccccc67)cc5)c5ccc6c(c5)oc5ccc7ccccc7c56)cc43)ccc2c1. The average Bonchev–Trinajstić information content (AvgIpc) is 3.82. The number of anilines is 3.